The summed E-state index contributed by atoms with van der Waals surface area (Å²) >= 11 is 11.7. The van der Waals surface area contributed by atoms with E-state index in [0.29, 0.717) is 27.1 Å². The molecule has 9 heteroatoms. The van der Waals surface area contributed by atoms with Gasteiger partial charge in [0.1, 0.15) is 0 Å². The van der Waals surface area contributed by atoms with Gasteiger partial charge in [0.05, 0.1) is 5.69 Å². The average Bonchev–Trinajstić information content (AvgIpc) is 2.70. The van der Waals surface area contributed by atoms with Gasteiger partial charge >= 0.3 is 5.97 Å². The third-order valence-corrected chi connectivity index (χ3v) is 4.64. The molecule has 0 fully saturated rings. The summed E-state index contributed by atoms with van der Waals surface area (Å²) in [7, 11) is 0. The van der Waals surface area contributed by atoms with Gasteiger partial charge in [0.2, 0.25) is 11.1 Å². The summed E-state index contributed by atoms with van der Waals surface area (Å²) < 4.78 is 6.57. The smallest absolute Gasteiger partial charge is 0.363 e. The van der Waals surface area contributed by atoms with Gasteiger partial charge in [0, 0.05) is 27.5 Å². The average molecular weight is 446 g/mol. The Labute approximate surface area is 182 Å². The van der Waals surface area contributed by atoms with Crippen LogP contribution in [0.4, 0.5) is 5.69 Å². The van der Waals surface area contributed by atoms with Crippen molar-refractivity contribution in [3.63, 3.8) is 0 Å². The van der Waals surface area contributed by atoms with Crippen LogP contribution < -0.4 is 10.7 Å². The number of aryl methyl sites for hydroxylation is 1. The molecule has 1 unspecified atom stereocenters. The Bertz CT molecular complexity index is 1140. The topological polar surface area (TPSA) is 90.3 Å². The maximum absolute atomic E-state index is 12.5. The molecule has 154 valence electrons. The molecule has 3 aromatic rings. The molecule has 0 radical (unpaired) electrons. The van der Waals surface area contributed by atoms with Crippen LogP contribution in [-0.4, -0.2) is 27.8 Å². The largest absolute Gasteiger partial charge is 0.448 e. The van der Waals surface area contributed by atoms with Crippen molar-refractivity contribution in [2.45, 2.75) is 20.0 Å². The fourth-order valence-electron chi connectivity index (χ4n) is 2.58. The lowest BCUT2D eigenvalue weighted by Gasteiger charge is -2.14. The number of esters is 1. The van der Waals surface area contributed by atoms with Gasteiger partial charge in [0.25, 0.3) is 5.91 Å². The van der Waals surface area contributed by atoms with E-state index >= 15 is 0 Å². The summed E-state index contributed by atoms with van der Waals surface area (Å²) in [6, 6.07) is 14.5. The molecule has 0 saturated heterocycles. The van der Waals surface area contributed by atoms with Crippen LogP contribution in [0.1, 0.15) is 23.1 Å². The SMILES string of the molecule is Cc1cc(=O)c(C(=O)OC(C)C(=O)Nc2ccc(Cl)cc2)nn1-c1ccc(Cl)cc1. The molecule has 0 aliphatic carbocycles. The number of carbonyl (C=O) groups is 2. The van der Waals surface area contributed by atoms with Crippen molar-refractivity contribution in [3.8, 4) is 5.69 Å². The molecule has 1 atom stereocenters. The van der Waals surface area contributed by atoms with Crippen molar-refractivity contribution in [1.29, 1.82) is 0 Å². The van der Waals surface area contributed by atoms with Crippen LogP contribution in [0.2, 0.25) is 10.0 Å². The number of anilines is 1. The summed E-state index contributed by atoms with van der Waals surface area (Å²) in [5.74, 6) is -1.56. The molecular formula is C21H17Cl2N3O4. The number of hydrogen-bond acceptors (Lipinski definition) is 5. The van der Waals surface area contributed by atoms with E-state index in [4.69, 9.17) is 27.9 Å². The van der Waals surface area contributed by atoms with E-state index in [0.717, 1.165) is 0 Å². The summed E-state index contributed by atoms with van der Waals surface area (Å²) in [6.07, 6.45) is -1.15. The van der Waals surface area contributed by atoms with Crippen LogP contribution in [0, 0.1) is 6.92 Å². The lowest BCUT2D eigenvalue weighted by molar-refractivity contribution is -0.123. The number of benzene rings is 2. The van der Waals surface area contributed by atoms with Crippen LogP contribution in [-0.2, 0) is 9.53 Å². The van der Waals surface area contributed by atoms with E-state index in [9.17, 15) is 14.4 Å². The van der Waals surface area contributed by atoms with E-state index in [2.05, 4.69) is 10.4 Å². The number of carbonyl (C=O) groups excluding carboxylic acids is 2. The highest BCUT2D eigenvalue weighted by atomic mass is 35.5. The van der Waals surface area contributed by atoms with Gasteiger partial charge in [-0.2, -0.15) is 5.10 Å². The summed E-state index contributed by atoms with van der Waals surface area (Å²) in [6.45, 7) is 3.08. The van der Waals surface area contributed by atoms with Crippen LogP contribution >= 0.6 is 23.2 Å². The monoisotopic (exact) mass is 445 g/mol. The Hall–Kier alpha value is -3.16. The molecule has 1 N–H and O–H groups in total. The first-order valence-electron chi connectivity index (χ1n) is 8.89. The van der Waals surface area contributed by atoms with Crippen molar-refractivity contribution in [3.05, 3.63) is 86.3 Å². The standard InChI is InChI=1S/C21H17Cl2N3O4/c1-12-11-18(27)19(25-26(12)17-9-5-15(23)6-10-17)21(29)30-13(2)20(28)24-16-7-3-14(22)4-8-16/h3-11,13H,1-2H3,(H,24,28). The van der Waals surface area contributed by atoms with Crippen molar-refractivity contribution < 1.29 is 14.3 Å². The molecule has 0 bridgehead atoms. The summed E-state index contributed by atoms with van der Waals surface area (Å²) in [4.78, 5) is 37.1. The molecule has 0 saturated carbocycles. The number of nitrogens with zero attached hydrogens (tertiary/aromatic N) is 2. The molecule has 30 heavy (non-hydrogen) atoms. The molecule has 1 amide bonds. The number of hydrogen-bond donors (Lipinski definition) is 1. The molecule has 1 aromatic heterocycles. The Morgan fingerprint density at radius 1 is 1.03 bits per heavy atom. The number of nitrogens with one attached hydrogen (secondary N) is 1. The quantitative estimate of drug-likeness (QED) is 0.598. The highest BCUT2D eigenvalue weighted by Crippen LogP contribution is 2.15. The van der Waals surface area contributed by atoms with Gasteiger partial charge in [-0.1, -0.05) is 23.2 Å². The predicted octanol–water partition coefficient (Wildman–Crippen LogP) is 4.03. The van der Waals surface area contributed by atoms with Gasteiger partial charge in [-0.3, -0.25) is 9.59 Å². The summed E-state index contributed by atoms with van der Waals surface area (Å²) in [5.41, 5.74) is 0.590. The van der Waals surface area contributed by atoms with E-state index in [1.54, 1.807) is 55.5 Å². The third-order valence-electron chi connectivity index (χ3n) is 4.14. The fourth-order valence-corrected chi connectivity index (χ4v) is 2.83. The second-order valence-electron chi connectivity index (χ2n) is 6.43. The van der Waals surface area contributed by atoms with E-state index in [-0.39, 0.29) is 0 Å². The molecular weight excluding hydrogens is 429 g/mol. The summed E-state index contributed by atoms with van der Waals surface area (Å²) in [5, 5.41) is 7.78. The van der Waals surface area contributed by atoms with Crippen LogP contribution in [0.5, 0.6) is 0 Å². The number of halogens is 2. The van der Waals surface area contributed by atoms with Gasteiger partial charge < -0.3 is 10.1 Å². The highest BCUT2D eigenvalue weighted by molar-refractivity contribution is 6.30. The third kappa shape index (κ3) is 5.06. The maximum Gasteiger partial charge on any atom is 0.363 e. The minimum atomic E-state index is -1.15. The van der Waals surface area contributed by atoms with E-state index in [1.807, 2.05) is 0 Å². The van der Waals surface area contributed by atoms with E-state index < -0.39 is 29.1 Å². The second kappa shape index (κ2) is 9.11. The predicted molar refractivity (Wildman–Crippen MR) is 115 cm³/mol. The Morgan fingerprint density at radius 3 is 2.20 bits per heavy atom. The zero-order chi connectivity index (χ0) is 21.8. The van der Waals surface area contributed by atoms with Crippen molar-refractivity contribution in [2.75, 3.05) is 5.32 Å². The fraction of sp³-hybridized carbons (Fsp3) is 0.143. The molecule has 3 rings (SSSR count). The van der Waals surface area contributed by atoms with Crippen molar-refractivity contribution in [1.82, 2.24) is 9.78 Å². The molecule has 1 heterocycles. The zero-order valence-corrected chi connectivity index (χ0v) is 17.6. The van der Waals surface area contributed by atoms with Crippen LogP contribution in [0.3, 0.4) is 0 Å². The van der Waals surface area contributed by atoms with Gasteiger partial charge in [0.15, 0.2) is 6.10 Å². The second-order valence-corrected chi connectivity index (χ2v) is 7.30. The molecule has 7 nitrogen and oxygen atoms in total. The van der Waals surface area contributed by atoms with Crippen LogP contribution in [0.25, 0.3) is 5.69 Å². The van der Waals surface area contributed by atoms with Crippen molar-refractivity contribution in [2.24, 2.45) is 0 Å². The Balaban J connectivity index is 1.78. The molecule has 2 aromatic carbocycles. The van der Waals surface area contributed by atoms with Gasteiger partial charge in [-0.05, 0) is 62.4 Å². The minimum absolute atomic E-state index is 0.429. The molecule has 0 spiro atoms. The number of rotatable bonds is 5. The van der Waals surface area contributed by atoms with Crippen LogP contribution in [0.15, 0.2) is 59.4 Å². The lowest BCUT2D eigenvalue weighted by atomic mass is 10.2. The first-order chi connectivity index (χ1) is 14.2. The number of aromatic nitrogens is 2. The normalized spacial score (nSPS) is 11.6. The van der Waals surface area contributed by atoms with Crippen molar-refractivity contribution >= 4 is 40.8 Å². The van der Waals surface area contributed by atoms with Gasteiger partial charge in [-0.15, -0.1) is 0 Å². The first kappa shape index (κ1) is 21.5. The zero-order valence-electron chi connectivity index (χ0n) is 16.1. The number of ether oxygens (including phenoxy) is 1. The highest BCUT2D eigenvalue weighted by Gasteiger charge is 2.23. The Kier molecular flexibility index (Phi) is 6.54. The first-order valence-corrected chi connectivity index (χ1v) is 9.64. The maximum atomic E-state index is 12.5. The van der Waals surface area contributed by atoms with E-state index in [1.165, 1.54) is 17.7 Å². The lowest BCUT2D eigenvalue weighted by Crippen LogP contribution is -2.32. The minimum Gasteiger partial charge on any atom is -0.448 e. The number of amides is 1. The Morgan fingerprint density at radius 2 is 1.60 bits per heavy atom. The molecule has 0 aliphatic rings. The van der Waals surface area contributed by atoms with Gasteiger partial charge in [-0.25, -0.2) is 9.48 Å². The molecule has 0 aliphatic heterocycles.